The smallest absolute Gasteiger partial charge is 0.317 e. The first-order valence-electron chi connectivity index (χ1n) is 10.2. The second-order valence-electron chi connectivity index (χ2n) is 7.98. The Labute approximate surface area is 167 Å². The normalized spacial score (nSPS) is 20.7. The minimum Gasteiger partial charge on any atom is -0.368 e. The molecule has 1 unspecified atom stereocenters. The molecule has 2 aliphatic heterocycles. The van der Waals surface area contributed by atoms with Crippen LogP contribution < -0.4 is 10.6 Å². The van der Waals surface area contributed by atoms with Crippen LogP contribution in [0.3, 0.4) is 0 Å². The zero-order valence-electron chi connectivity index (χ0n) is 16.9. The first kappa shape index (κ1) is 20.6. The Bertz CT molecular complexity index is 667. The van der Waals surface area contributed by atoms with E-state index in [1.807, 2.05) is 31.3 Å². The highest BCUT2D eigenvalue weighted by molar-refractivity contribution is 5.94. The molecule has 28 heavy (non-hydrogen) atoms. The number of rotatable bonds is 6. The molecule has 0 radical (unpaired) electrons. The standard InChI is InChI=1S/C21H32N4O3/c1-24-10-8-16(9-11-24)15-25(2)21(27)22-14-17-5-3-6-18(13-17)23-20(26)19-7-4-12-28-19/h3,5-6,13,16,19H,4,7-12,14-15H2,1-2H3,(H,22,27)(H,23,26). The molecule has 7 nitrogen and oxygen atoms in total. The molecule has 0 aliphatic carbocycles. The van der Waals surface area contributed by atoms with Gasteiger partial charge in [0.2, 0.25) is 0 Å². The molecule has 0 bridgehead atoms. The van der Waals surface area contributed by atoms with Crippen LogP contribution in [-0.4, -0.2) is 68.2 Å². The van der Waals surface area contributed by atoms with Crippen LogP contribution in [0, 0.1) is 5.92 Å². The number of piperidine rings is 1. The van der Waals surface area contributed by atoms with Gasteiger partial charge < -0.3 is 25.2 Å². The third kappa shape index (κ3) is 5.94. The van der Waals surface area contributed by atoms with Crippen LogP contribution in [0.25, 0.3) is 0 Å². The van der Waals surface area contributed by atoms with Crippen molar-refractivity contribution in [3.05, 3.63) is 29.8 Å². The van der Waals surface area contributed by atoms with Crippen molar-refractivity contribution >= 4 is 17.6 Å². The maximum atomic E-state index is 12.4. The summed E-state index contributed by atoms with van der Waals surface area (Å²) in [5.41, 5.74) is 1.68. The number of anilines is 1. The molecule has 0 saturated carbocycles. The van der Waals surface area contributed by atoms with Crippen molar-refractivity contribution < 1.29 is 14.3 Å². The van der Waals surface area contributed by atoms with E-state index in [4.69, 9.17) is 4.74 Å². The maximum Gasteiger partial charge on any atom is 0.317 e. The van der Waals surface area contributed by atoms with E-state index >= 15 is 0 Å². The summed E-state index contributed by atoms with van der Waals surface area (Å²) in [6.45, 7) is 4.07. The van der Waals surface area contributed by atoms with E-state index in [2.05, 4.69) is 22.6 Å². The number of carbonyl (C=O) groups is 2. The average molecular weight is 389 g/mol. The number of hydrogen-bond donors (Lipinski definition) is 2. The summed E-state index contributed by atoms with van der Waals surface area (Å²) in [5.74, 6) is 0.472. The lowest BCUT2D eigenvalue weighted by Gasteiger charge is -2.31. The molecule has 3 amide bonds. The number of nitrogens with zero attached hydrogens (tertiary/aromatic N) is 2. The molecule has 0 spiro atoms. The highest BCUT2D eigenvalue weighted by Gasteiger charge is 2.23. The number of urea groups is 1. The molecule has 2 heterocycles. The molecule has 2 N–H and O–H groups in total. The molecule has 154 valence electrons. The molecule has 2 aliphatic rings. The van der Waals surface area contributed by atoms with E-state index in [9.17, 15) is 9.59 Å². The fraction of sp³-hybridized carbons (Fsp3) is 0.619. The third-order valence-corrected chi connectivity index (χ3v) is 5.58. The van der Waals surface area contributed by atoms with Gasteiger partial charge in [0.15, 0.2) is 0 Å². The number of amides is 3. The van der Waals surface area contributed by atoms with E-state index in [1.54, 1.807) is 4.90 Å². The van der Waals surface area contributed by atoms with E-state index in [1.165, 1.54) is 0 Å². The van der Waals surface area contributed by atoms with Crippen LogP contribution in [0.4, 0.5) is 10.5 Å². The lowest BCUT2D eigenvalue weighted by atomic mass is 9.97. The van der Waals surface area contributed by atoms with Crippen molar-refractivity contribution in [2.45, 2.75) is 38.3 Å². The monoisotopic (exact) mass is 388 g/mol. The predicted octanol–water partition coefficient (Wildman–Crippen LogP) is 2.29. The highest BCUT2D eigenvalue weighted by Crippen LogP contribution is 2.18. The summed E-state index contributed by atoms with van der Waals surface area (Å²) < 4.78 is 5.41. The Morgan fingerprint density at radius 3 is 2.75 bits per heavy atom. The van der Waals surface area contributed by atoms with Crippen molar-refractivity contribution in [3.63, 3.8) is 0 Å². The van der Waals surface area contributed by atoms with Gasteiger partial charge in [0.1, 0.15) is 6.10 Å². The van der Waals surface area contributed by atoms with Crippen molar-refractivity contribution in [2.75, 3.05) is 45.7 Å². The molecular formula is C21H32N4O3. The number of nitrogens with one attached hydrogen (secondary N) is 2. The molecule has 2 saturated heterocycles. The van der Waals surface area contributed by atoms with Crippen LogP contribution in [0.15, 0.2) is 24.3 Å². The summed E-state index contributed by atoms with van der Waals surface area (Å²) in [7, 11) is 4.00. The fourth-order valence-electron chi connectivity index (χ4n) is 3.79. The topological polar surface area (TPSA) is 73.9 Å². The van der Waals surface area contributed by atoms with Gasteiger partial charge in [-0.25, -0.2) is 4.79 Å². The predicted molar refractivity (Wildman–Crippen MR) is 109 cm³/mol. The Balaban J connectivity index is 1.44. The van der Waals surface area contributed by atoms with Crippen LogP contribution in [0.2, 0.25) is 0 Å². The molecule has 2 fully saturated rings. The Kier molecular flexibility index (Phi) is 7.28. The SMILES string of the molecule is CN1CCC(CN(C)C(=O)NCc2cccc(NC(=O)C3CCCO3)c2)CC1. The van der Waals surface area contributed by atoms with Crippen molar-refractivity contribution in [1.82, 2.24) is 15.1 Å². The Morgan fingerprint density at radius 1 is 1.25 bits per heavy atom. The summed E-state index contributed by atoms with van der Waals surface area (Å²) in [5, 5.41) is 5.87. The van der Waals surface area contributed by atoms with Gasteiger partial charge in [0, 0.05) is 32.4 Å². The molecule has 0 aromatic heterocycles. The summed E-state index contributed by atoms with van der Waals surface area (Å²) in [6, 6.07) is 7.51. The summed E-state index contributed by atoms with van der Waals surface area (Å²) in [6.07, 6.45) is 3.62. The average Bonchev–Trinajstić information content (AvgIpc) is 3.23. The van der Waals surface area contributed by atoms with Crippen molar-refractivity contribution in [2.24, 2.45) is 5.92 Å². The molecule has 1 aromatic carbocycles. The minimum absolute atomic E-state index is 0.0623. The number of benzene rings is 1. The van der Waals surface area contributed by atoms with Gasteiger partial charge in [-0.3, -0.25) is 4.79 Å². The first-order chi connectivity index (χ1) is 13.5. The molecule has 3 rings (SSSR count). The second kappa shape index (κ2) is 9.89. The quantitative estimate of drug-likeness (QED) is 0.784. The van der Waals surface area contributed by atoms with Gasteiger partial charge >= 0.3 is 6.03 Å². The molecular weight excluding hydrogens is 356 g/mol. The van der Waals surface area contributed by atoms with Gasteiger partial charge in [0.05, 0.1) is 0 Å². The molecule has 1 aromatic rings. The molecule has 7 heteroatoms. The lowest BCUT2D eigenvalue weighted by molar-refractivity contribution is -0.124. The number of carbonyl (C=O) groups excluding carboxylic acids is 2. The number of hydrogen-bond acceptors (Lipinski definition) is 4. The Morgan fingerprint density at radius 2 is 2.04 bits per heavy atom. The third-order valence-electron chi connectivity index (χ3n) is 5.58. The van der Waals surface area contributed by atoms with Crippen LogP contribution in [0.5, 0.6) is 0 Å². The van der Waals surface area contributed by atoms with Gasteiger partial charge in [-0.05, 0) is 69.4 Å². The van der Waals surface area contributed by atoms with Crippen LogP contribution in [-0.2, 0) is 16.1 Å². The number of ether oxygens (including phenoxy) is 1. The maximum absolute atomic E-state index is 12.4. The largest absolute Gasteiger partial charge is 0.368 e. The fourth-order valence-corrected chi connectivity index (χ4v) is 3.79. The van der Waals surface area contributed by atoms with E-state index in [0.717, 1.165) is 56.6 Å². The second-order valence-corrected chi connectivity index (χ2v) is 7.98. The van der Waals surface area contributed by atoms with Crippen LogP contribution in [0.1, 0.15) is 31.2 Å². The zero-order chi connectivity index (χ0) is 19.9. The van der Waals surface area contributed by atoms with E-state index in [-0.39, 0.29) is 18.0 Å². The first-order valence-corrected chi connectivity index (χ1v) is 10.2. The zero-order valence-corrected chi connectivity index (χ0v) is 16.9. The summed E-state index contributed by atoms with van der Waals surface area (Å²) in [4.78, 5) is 28.7. The van der Waals surface area contributed by atoms with Gasteiger partial charge in [-0.15, -0.1) is 0 Å². The van der Waals surface area contributed by atoms with E-state index in [0.29, 0.717) is 19.1 Å². The lowest BCUT2D eigenvalue weighted by Crippen LogP contribution is -2.42. The Hall–Kier alpha value is -2.12. The van der Waals surface area contributed by atoms with Gasteiger partial charge in [0.25, 0.3) is 5.91 Å². The van der Waals surface area contributed by atoms with Gasteiger partial charge in [-0.1, -0.05) is 12.1 Å². The van der Waals surface area contributed by atoms with E-state index < -0.39 is 0 Å². The van der Waals surface area contributed by atoms with Crippen LogP contribution >= 0.6 is 0 Å². The molecule has 1 atom stereocenters. The van der Waals surface area contributed by atoms with Crippen molar-refractivity contribution in [1.29, 1.82) is 0 Å². The van der Waals surface area contributed by atoms with Gasteiger partial charge in [-0.2, -0.15) is 0 Å². The summed E-state index contributed by atoms with van der Waals surface area (Å²) >= 11 is 0. The minimum atomic E-state index is -0.350. The van der Waals surface area contributed by atoms with Crippen molar-refractivity contribution in [3.8, 4) is 0 Å². The highest BCUT2D eigenvalue weighted by atomic mass is 16.5. The number of likely N-dealkylation sites (tertiary alicyclic amines) is 1.